The van der Waals surface area contributed by atoms with Crippen LogP contribution in [0.3, 0.4) is 0 Å². The predicted octanol–water partition coefficient (Wildman–Crippen LogP) is 3.77. The van der Waals surface area contributed by atoms with Gasteiger partial charge in [0.2, 0.25) is 0 Å². The largest absolute Gasteiger partial charge is 0.343 e. The third-order valence-corrected chi connectivity index (χ3v) is 2.06. The van der Waals surface area contributed by atoms with Crippen molar-refractivity contribution in [2.24, 2.45) is 0 Å². The van der Waals surface area contributed by atoms with Crippen LogP contribution >= 0.6 is 15.9 Å². The molecule has 0 spiro atoms. The third kappa shape index (κ3) is 1.86. The van der Waals surface area contributed by atoms with Crippen LogP contribution in [0.1, 0.15) is 32.0 Å². The van der Waals surface area contributed by atoms with Crippen LogP contribution in [-0.4, -0.2) is 4.57 Å². The van der Waals surface area contributed by atoms with Gasteiger partial charge in [0.1, 0.15) is 0 Å². The number of nitrogens with zero attached hydrogens (tertiary/aromatic N) is 1. The van der Waals surface area contributed by atoms with Crippen molar-refractivity contribution in [3.8, 4) is 0 Å². The Balaban J connectivity index is 3.08. The molecule has 12 heavy (non-hydrogen) atoms. The van der Waals surface area contributed by atoms with Crippen molar-refractivity contribution in [3.63, 3.8) is 0 Å². The average Bonchev–Trinajstić information content (AvgIpc) is 2.31. The Bertz CT molecular complexity index is 243. The molecule has 1 heterocycles. The van der Waals surface area contributed by atoms with Gasteiger partial charge in [-0.25, -0.2) is 8.78 Å². The molecule has 0 amide bonds. The fourth-order valence-electron chi connectivity index (χ4n) is 1.08. The van der Waals surface area contributed by atoms with E-state index in [-0.39, 0.29) is 11.7 Å². The molecule has 4 heteroatoms. The number of halogens is 3. The van der Waals surface area contributed by atoms with E-state index in [1.165, 1.54) is 6.07 Å². The molecule has 0 saturated carbocycles. The SMILES string of the molecule is CC(C)n1cc(Br)cc1C(F)F. The van der Waals surface area contributed by atoms with Gasteiger partial charge in [-0.05, 0) is 35.8 Å². The zero-order chi connectivity index (χ0) is 9.30. The van der Waals surface area contributed by atoms with Gasteiger partial charge in [-0.1, -0.05) is 0 Å². The van der Waals surface area contributed by atoms with E-state index >= 15 is 0 Å². The maximum atomic E-state index is 12.4. The van der Waals surface area contributed by atoms with Gasteiger partial charge < -0.3 is 4.57 Å². The summed E-state index contributed by atoms with van der Waals surface area (Å²) in [6.45, 7) is 3.75. The monoisotopic (exact) mass is 237 g/mol. The minimum Gasteiger partial charge on any atom is -0.343 e. The van der Waals surface area contributed by atoms with Crippen molar-refractivity contribution in [2.45, 2.75) is 26.3 Å². The smallest absolute Gasteiger partial charge is 0.278 e. The average molecular weight is 238 g/mol. The summed E-state index contributed by atoms with van der Waals surface area (Å²) in [5.41, 5.74) is 0.0666. The van der Waals surface area contributed by atoms with Gasteiger partial charge in [-0.15, -0.1) is 0 Å². The molecule has 0 bridgehead atoms. The highest BCUT2D eigenvalue weighted by atomic mass is 79.9. The van der Waals surface area contributed by atoms with Crippen LogP contribution in [0.25, 0.3) is 0 Å². The zero-order valence-electron chi connectivity index (χ0n) is 6.89. The topological polar surface area (TPSA) is 4.93 Å². The molecule has 0 unspecified atom stereocenters. The molecule has 0 atom stereocenters. The van der Waals surface area contributed by atoms with E-state index in [0.29, 0.717) is 4.47 Å². The molecular formula is C8H10BrF2N. The molecule has 1 rings (SSSR count). The Morgan fingerprint density at radius 1 is 1.42 bits per heavy atom. The second kappa shape index (κ2) is 3.56. The summed E-state index contributed by atoms with van der Waals surface area (Å²) in [7, 11) is 0. The third-order valence-electron chi connectivity index (χ3n) is 1.63. The summed E-state index contributed by atoms with van der Waals surface area (Å²) in [5, 5.41) is 0. The lowest BCUT2D eigenvalue weighted by Gasteiger charge is -2.11. The molecule has 0 aliphatic rings. The van der Waals surface area contributed by atoms with E-state index in [2.05, 4.69) is 15.9 Å². The van der Waals surface area contributed by atoms with E-state index in [9.17, 15) is 8.78 Å². The van der Waals surface area contributed by atoms with Crippen LogP contribution < -0.4 is 0 Å². The molecule has 1 nitrogen and oxygen atoms in total. The first-order valence-corrected chi connectivity index (χ1v) is 4.47. The summed E-state index contributed by atoms with van der Waals surface area (Å²) in [5.74, 6) is 0. The second-order valence-corrected chi connectivity index (χ2v) is 3.80. The number of rotatable bonds is 2. The molecule has 0 fully saturated rings. The molecule has 0 aromatic carbocycles. The lowest BCUT2D eigenvalue weighted by molar-refractivity contribution is 0.139. The van der Waals surface area contributed by atoms with Crippen LogP contribution in [0.15, 0.2) is 16.7 Å². The molecule has 0 saturated heterocycles. The molecule has 0 aliphatic heterocycles. The van der Waals surface area contributed by atoms with Crippen LogP contribution in [0, 0.1) is 0 Å². The molecule has 0 radical (unpaired) electrons. The Labute approximate surface area is 78.5 Å². The summed E-state index contributed by atoms with van der Waals surface area (Å²) < 4.78 is 27.0. The first-order valence-electron chi connectivity index (χ1n) is 3.67. The maximum Gasteiger partial charge on any atom is 0.278 e. The summed E-state index contributed by atoms with van der Waals surface area (Å²) in [4.78, 5) is 0. The molecule has 68 valence electrons. The van der Waals surface area contributed by atoms with Crippen molar-refractivity contribution in [1.82, 2.24) is 4.57 Å². The van der Waals surface area contributed by atoms with Gasteiger partial charge in [0.15, 0.2) is 0 Å². The van der Waals surface area contributed by atoms with E-state index < -0.39 is 6.43 Å². The molecule has 0 N–H and O–H groups in total. The minimum absolute atomic E-state index is 0.0666. The number of aromatic nitrogens is 1. The van der Waals surface area contributed by atoms with Crippen molar-refractivity contribution in [2.75, 3.05) is 0 Å². The van der Waals surface area contributed by atoms with Crippen molar-refractivity contribution >= 4 is 15.9 Å². The summed E-state index contributed by atoms with van der Waals surface area (Å²) >= 11 is 3.17. The maximum absolute atomic E-state index is 12.4. The summed E-state index contributed by atoms with van der Waals surface area (Å²) in [6, 6.07) is 1.52. The van der Waals surface area contributed by atoms with Crippen LogP contribution in [0.5, 0.6) is 0 Å². The van der Waals surface area contributed by atoms with Gasteiger partial charge in [-0.3, -0.25) is 0 Å². The molecular weight excluding hydrogens is 228 g/mol. The first-order chi connectivity index (χ1) is 5.52. The standard InChI is InChI=1S/C8H10BrF2N/c1-5(2)12-4-6(9)3-7(12)8(10)11/h3-5,8H,1-2H3. The van der Waals surface area contributed by atoms with E-state index in [4.69, 9.17) is 0 Å². The normalized spacial score (nSPS) is 11.6. The van der Waals surface area contributed by atoms with Gasteiger partial charge >= 0.3 is 0 Å². The number of hydrogen-bond acceptors (Lipinski definition) is 0. The lowest BCUT2D eigenvalue weighted by atomic mass is 10.3. The Morgan fingerprint density at radius 2 is 2.00 bits per heavy atom. The number of alkyl halides is 2. The van der Waals surface area contributed by atoms with Gasteiger partial charge in [-0.2, -0.15) is 0 Å². The zero-order valence-corrected chi connectivity index (χ0v) is 8.48. The van der Waals surface area contributed by atoms with Crippen LogP contribution in [-0.2, 0) is 0 Å². The van der Waals surface area contributed by atoms with Crippen molar-refractivity contribution in [3.05, 3.63) is 22.4 Å². The highest BCUT2D eigenvalue weighted by Crippen LogP contribution is 2.27. The minimum atomic E-state index is -2.40. The Morgan fingerprint density at radius 3 is 2.33 bits per heavy atom. The Hall–Kier alpha value is -0.380. The fourth-order valence-corrected chi connectivity index (χ4v) is 1.54. The van der Waals surface area contributed by atoms with E-state index in [0.717, 1.165) is 0 Å². The van der Waals surface area contributed by atoms with Gasteiger partial charge in [0.25, 0.3) is 6.43 Å². The lowest BCUT2D eigenvalue weighted by Crippen LogP contribution is -2.03. The van der Waals surface area contributed by atoms with Crippen molar-refractivity contribution in [1.29, 1.82) is 0 Å². The Kier molecular flexibility index (Phi) is 2.88. The van der Waals surface area contributed by atoms with Crippen LogP contribution in [0.4, 0.5) is 8.78 Å². The fraction of sp³-hybridized carbons (Fsp3) is 0.500. The van der Waals surface area contributed by atoms with Crippen molar-refractivity contribution < 1.29 is 8.78 Å². The predicted molar refractivity (Wildman–Crippen MR) is 47.5 cm³/mol. The molecule has 1 aromatic rings. The molecule has 0 aliphatic carbocycles. The second-order valence-electron chi connectivity index (χ2n) is 2.88. The van der Waals surface area contributed by atoms with E-state index in [1.807, 2.05) is 13.8 Å². The highest BCUT2D eigenvalue weighted by molar-refractivity contribution is 9.10. The number of hydrogen-bond donors (Lipinski definition) is 0. The van der Waals surface area contributed by atoms with E-state index in [1.54, 1.807) is 10.8 Å². The highest BCUT2D eigenvalue weighted by Gasteiger charge is 2.15. The van der Waals surface area contributed by atoms with Gasteiger partial charge in [0.05, 0.1) is 5.69 Å². The summed E-state index contributed by atoms with van der Waals surface area (Å²) in [6.07, 6.45) is -0.731. The molecule has 1 aromatic heterocycles. The quantitative estimate of drug-likeness (QED) is 0.739. The van der Waals surface area contributed by atoms with Crippen LogP contribution in [0.2, 0.25) is 0 Å². The first kappa shape index (κ1) is 9.71. The van der Waals surface area contributed by atoms with Gasteiger partial charge in [0, 0.05) is 16.7 Å².